The quantitative estimate of drug-likeness (QED) is 0.225. The molecule has 0 bridgehead atoms. The molecular weight excluding hydrogens is 415 g/mol. The molecule has 0 amide bonds. The van der Waals surface area contributed by atoms with Gasteiger partial charge in [0.2, 0.25) is 0 Å². The molecule has 0 atom stereocenters. The molecule has 31 heavy (non-hydrogen) atoms. The van der Waals surface area contributed by atoms with Gasteiger partial charge in [-0.15, -0.1) is 0 Å². The van der Waals surface area contributed by atoms with Gasteiger partial charge in [-0.1, -0.05) is 96.3 Å². The normalized spacial score (nSPS) is 11.6. The fourth-order valence-electron chi connectivity index (χ4n) is 4.16. The molecule has 0 aliphatic carbocycles. The van der Waals surface area contributed by atoms with E-state index in [2.05, 4.69) is 26.0 Å². The third-order valence-electron chi connectivity index (χ3n) is 5.97. The Morgan fingerprint density at radius 1 is 0.677 bits per heavy atom. The summed E-state index contributed by atoms with van der Waals surface area (Å²) in [6.45, 7) is 4.43. The molecule has 0 N–H and O–H groups in total. The smallest absolute Gasteiger partial charge is 0.744 e. The summed E-state index contributed by atoms with van der Waals surface area (Å²) in [5.74, 6) is 0. The minimum atomic E-state index is -4.46. The van der Waals surface area contributed by atoms with Crippen molar-refractivity contribution in [2.24, 2.45) is 0 Å². The van der Waals surface area contributed by atoms with Crippen LogP contribution in [0.1, 0.15) is 102 Å². The second kappa shape index (κ2) is 15.4. The van der Waals surface area contributed by atoms with E-state index in [0.717, 1.165) is 30.0 Å². The SMILES string of the molecule is CCCCCCCCc1ccc2cc(S(=O)(=O)[O-])c(CCCCCCCC)cc2c1.[Na+]. The van der Waals surface area contributed by atoms with Gasteiger partial charge < -0.3 is 4.55 Å². The maximum atomic E-state index is 11.8. The molecule has 0 aromatic heterocycles. The van der Waals surface area contributed by atoms with Crippen molar-refractivity contribution in [3.63, 3.8) is 0 Å². The first kappa shape index (κ1) is 28.6. The van der Waals surface area contributed by atoms with Gasteiger partial charge in [-0.3, -0.25) is 0 Å². The van der Waals surface area contributed by atoms with Gasteiger partial charge in [0.15, 0.2) is 0 Å². The van der Waals surface area contributed by atoms with Gasteiger partial charge >= 0.3 is 29.6 Å². The van der Waals surface area contributed by atoms with Gasteiger partial charge in [0.1, 0.15) is 10.1 Å². The topological polar surface area (TPSA) is 57.2 Å². The fraction of sp³-hybridized carbons (Fsp3) is 0.615. The van der Waals surface area contributed by atoms with Crippen molar-refractivity contribution in [2.75, 3.05) is 0 Å². The molecule has 2 rings (SSSR count). The van der Waals surface area contributed by atoms with Crippen LogP contribution in [0, 0.1) is 0 Å². The Morgan fingerprint density at radius 2 is 1.23 bits per heavy atom. The Hall–Kier alpha value is -0.390. The summed E-state index contributed by atoms with van der Waals surface area (Å²) in [6.07, 6.45) is 16.2. The van der Waals surface area contributed by atoms with Crippen LogP contribution in [0.3, 0.4) is 0 Å². The Labute approximate surface area is 212 Å². The van der Waals surface area contributed by atoms with Crippen molar-refractivity contribution >= 4 is 20.9 Å². The average molecular weight is 455 g/mol. The number of benzene rings is 2. The standard InChI is InChI=1S/C26H40O3S.Na/c1-3-5-7-9-11-13-15-22-17-18-23-21-26(30(27,28)29)24(20-25(23)19-22)16-14-12-10-8-6-4-2;/h17-21H,3-16H2,1-2H3,(H,27,28,29);/q;+1/p-1. The molecule has 0 heterocycles. The van der Waals surface area contributed by atoms with Crippen LogP contribution in [-0.4, -0.2) is 13.0 Å². The Morgan fingerprint density at radius 3 is 1.81 bits per heavy atom. The van der Waals surface area contributed by atoms with Crippen LogP contribution in [0.2, 0.25) is 0 Å². The minimum Gasteiger partial charge on any atom is -0.744 e. The molecule has 5 heteroatoms. The molecule has 2 aromatic carbocycles. The van der Waals surface area contributed by atoms with E-state index in [4.69, 9.17) is 0 Å². The van der Waals surface area contributed by atoms with Gasteiger partial charge in [-0.05, 0) is 59.7 Å². The van der Waals surface area contributed by atoms with Gasteiger partial charge in [0, 0.05) is 0 Å². The van der Waals surface area contributed by atoms with Crippen LogP contribution < -0.4 is 29.6 Å². The van der Waals surface area contributed by atoms with Crippen molar-refractivity contribution in [2.45, 2.75) is 109 Å². The predicted octanol–water partition coefficient (Wildman–Crippen LogP) is 4.55. The minimum absolute atomic E-state index is 0. The molecule has 2 aromatic rings. The van der Waals surface area contributed by atoms with E-state index in [1.54, 1.807) is 6.07 Å². The van der Waals surface area contributed by atoms with Crippen molar-refractivity contribution < 1.29 is 42.5 Å². The Kier molecular flexibility index (Phi) is 14.3. The van der Waals surface area contributed by atoms with Crippen LogP contribution in [0.5, 0.6) is 0 Å². The fourth-order valence-corrected chi connectivity index (χ4v) is 4.92. The Balaban J connectivity index is 0.00000480. The molecule has 0 unspecified atom stereocenters. The summed E-state index contributed by atoms with van der Waals surface area (Å²) in [4.78, 5) is -0.0350. The van der Waals surface area contributed by atoms with Crippen molar-refractivity contribution in [1.82, 2.24) is 0 Å². The largest absolute Gasteiger partial charge is 1.00 e. The molecule has 0 saturated heterocycles. The molecular formula is C26H39NaO3S. The van der Waals surface area contributed by atoms with Crippen LogP contribution in [0.25, 0.3) is 10.8 Å². The van der Waals surface area contributed by atoms with E-state index >= 15 is 0 Å². The maximum absolute atomic E-state index is 11.8. The average Bonchev–Trinajstić information content (AvgIpc) is 2.71. The molecule has 0 aliphatic rings. The van der Waals surface area contributed by atoms with Crippen LogP contribution in [0.4, 0.5) is 0 Å². The van der Waals surface area contributed by atoms with E-state index in [1.165, 1.54) is 69.8 Å². The summed E-state index contributed by atoms with van der Waals surface area (Å²) < 4.78 is 35.5. The molecule has 0 saturated carbocycles. The van der Waals surface area contributed by atoms with Gasteiger partial charge in [0.25, 0.3) is 0 Å². The predicted molar refractivity (Wildman–Crippen MR) is 126 cm³/mol. The van der Waals surface area contributed by atoms with Crippen molar-refractivity contribution in [3.05, 3.63) is 41.5 Å². The molecule has 168 valence electrons. The second-order valence-corrected chi connectivity index (χ2v) is 9.98. The van der Waals surface area contributed by atoms with E-state index in [1.807, 2.05) is 12.1 Å². The van der Waals surface area contributed by atoms with Gasteiger partial charge in [-0.25, -0.2) is 8.42 Å². The zero-order valence-corrected chi connectivity index (χ0v) is 22.7. The zero-order chi connectivity index (χ0) is 21.8. The van der Waals surface area contributed by atoms with Crippen molar-refractivity contribution in [3.8, 4) is 0 Å². The Bertz CT molecular complexity index is 878. The van der Waals surface area contributed by atoms with Gasteiger partial charge in [0.05, 0.1) is 4.90 Å². The number of fused-ring (bicyclic) bond motifs is 1. The first-order valence-corrected chi connectivity index (χ1v) is 13.4. The van der Waals surface area contributed by atoms with Gasteiger partial charge in [-0.2, -0.15) is 0 Å². The van der Waals surface area contributed by atoms with E-state index in [0.29, 0.717) is 12.0 Å². The van der Waals surface area contributed by atoms with E-state index < -0.39 is 10.1 Å². The van der Waals surface area contributed by atoms with Crippen LogP contribution in [-0.2, 0) is 23.0 Å². The second-order valence-electron chi connectivity index (χ2n) is 8.63. The summed E-state index contributed by atoms with van der Waals surface area (Å²) in [5.41, 5.74) is 1.98. The van der Waals surface area contributed by atoms with Crippen molar-refractivity contribution in [1.29, 1.82) is 0 Å². The monoisotopic (exact) mass is 454 g/mol. The molecule has 3 nitrogen and oxygen atoms in total. The van der Waals surface area contributed by atoms with E-state index in [9.17, 15) is 13.0 Å². The first-order chi connectivity index (χ1) is 14.5. The number of aryl methyl sites for hydroxylation is 2. The van der Waals surface area contributed by atoms with E-state index in [-0.39, 0.29) is 34.5 Å². The summed E-state index contributed by atoms with van der Waals surface area (Å²) in [6, 6.07) is 9.73. The number of unbranched alkanes of at least 4 members (excludes halogenated alkanes) is 10. The number of hydrogen-bond donors (Lipinski definition) is 0. The third kappa shape index (κ3) is 10.4. The number of rotatable bonds is 15. The molecule has 0 aliphatic heterocycles. The summed E-state index contributed by atoms with van der Waals surface area (Å²) in [7, 11) is -4.46. The van der Waals surface area contributed by atoms with Crippen LogP contribution >= 0.6 is 0 Å². The number of hydrogen-bond acceptors (Lipinski definition) is 3. The molecule has 0 radical (unpaired) electrons. The molecule has 0 spiro atoms. The third-order valence-corrected chi connectivity index (χ3v) is 6.89. The summed E-state index contributed by atoms with van der Waals surface area (Å²) in [5, 5.41) is 1.88. The maximum Gasteiger partial charge on any atom is 1.00 e. The zero-order valence-electron chi connectivity index (χ0n) is 19.9. The first-order valence-electron chi connectivity index (χ1n) is 12.0. The summed E-state index contributed by atoms with van der Waals surface area (Å²) >= 11 is 0. The molecule has 0 fully saturated rings. The van der Waals surface area contributed by atoms with Crippen LogP contribution in [0.15, 0.2) is 35.2 Å².